The number of anilines is 1. The van der Waals surface area contributed by atoms with Gasteiger partial charge in [-0.1, -0.05) is 30.3 Å². The van der Waals surface area contributed by atoms with Gasteiger partial charge in [-0.05, 0) is 66.9 Å². The molecule has 168 valence electrons. The van der Waals surface area contributed by atoms with Crippen molar-refractivity contribution in [1.29, 1.82) is 0 Å². The van der Waals surface area contributed by atoms with Crippen molar-refractivity contribution in [2.45, 2.75) is 19.9 Å². The van der Waals surface area contributed by atoms with Gasteiger partial charge in [-0.25, -0.2) is 0 Å². The molecule has 3 aromatic rings. The number of nitrogens with zero attached hydrogens (tertiary/aromatic N) is 1. The fourth-order valence-corrected chi connectivity index (χ4v) is 4.30. The van der Waals surface area contributed by atoms with E-state index in [-0.39, 0.29) is 11.3 Å². The quantitative estimate of drug-likeness (QED) is 0.343. The van der Waals surface area contributed by atoms with Gasteiger partial charge in [0.2, 0.25) is 0 Å². The molecular weight excluding hydrogens is 418 g/mol. The van der Waals surface area contributed by atoms with E-state index < -0.39 is 17.7 Å². The van der Waals surface area contributed by atoms with Crippen molar-refractivity contribution in [2.75, 3.05) is 19.1 Å². The maximum absolute atomic E-state index is 13.3. The highest BCUT2D eigenvalue weighted by Crippen LogP contribution is 2.44. The van der Waals surface area contributed by atoms with Gasteiger partial charge in [-0.3, -0.25) is 14.5 Å². The van der Waals surface area contributed by atoms with Gasteiger partial charge >= 0.3 is 0 Å². The molecule has 0 aliphatic carbocycles. The molecule has 0 bridgehead atoms. The number of benzene rings is 3. The first-order chi connectivity index (χ1) is 15.8. The number of rotatable bonds is 5. The number of hydrogen-bond donors (Lipinski definition) is 1. The van der Waals surface area contributed by atoms with Gasteiger partial charge in [0.05, 0.1) is 31.4 Å². The molecular formula is C27H25NO5. The Hall–Kier alpha value is -4.06. The zero-order chi connectivity index (χ0) is 23.7. The summed E-state index contributed by atoms with van der Waals surface area (Å²) >= 11 is 0. The molecule has 1 saturated heterocycles. The number of amides is 1. The van der Waals surface area contributed by atoms with Gasteiger partial charge in [-0.15, -0.1) is 0 Å². The van der Waals surface area contributed by atoms with Gasteiger partial charge in [0.25, 0.3) is 11.7 Å². The summed E-state index contributed by atoms with van der Waals surface area (Å²) in [6.07, 6.45) is 0. The van der Waals surface area contributed by atoms with Crippen molar-refractivity contribution in [2.24, 2.45) is 0 Å². The minimum atomic E-state index is -0.841. The number of aryl methyl sites for hydroxylation is 2. The number of ether oxygens (including phenoxy) is 2. The lowest BCUT2D eigenvalue weighted by Crippen LogP contribution is -2.29. The maximum atomic E-state index is 13.3. The van der Waals surface area contributed by atoms with Crippen LogP contribution >= 0.6 is 0 Å². The van der Waals surface area contributed by atoms with E-state index >= 15 is 0 Å². The highest BCUT2D eigenvalue weighted by Gasteiger charge is 2.47. The summed E-state index contributed by atoms with van der Waals surface area (Å²) in [5.74, 6) is -0.770. The highest BCUT2D eigenvalue weighted by atomic mass is 16.5. The lowest BCUT2D eigenvalue weighted by Gasteiger charge is -2.26. The number of aliphatic hydroxyl groups is 1. The minimum absolute atomic E-state index is 0.00286. The molecule has 6 nitrogen and oxygen atoms in total. The zero-order valence-corrected chi connectivity index (χ0v) is 19.0. The summed E-state index contributed by atoms with van der Waals surface area (Å²) in [5, 5.41) is 11.3. The van der Waals surface area contributed by atoms with Crippen LogP contribution < -0.4 is 14.4 Å². The van der Waals surface area contributed by atoms with Crippen LogP contribution in [0.5, 0.6) is 11.5 Å². The molecule has 1 aliphatic heterocycles. The molecule has 1 heterocycles. The van der Waals surface area contributed by atoms with Crippen LogP contribution in [0, 0.1) is 13.8 Å². The van der Waals surface area contributed by atoms with Crippen molar-refractivity contribution >= 4 is 23.1 Å². The molecule has 1 atom stereocenters. The summed E-state index contributed by atoms with van der Waals surface area (Å²) in [6, 6.07) is 18.9. The van der Waals surface area contributed by atoms with Crippen LogP contribution in [-0.2, 0) is 9.59 Å². The Morgan fingerprint density at radius 2 is 1.58 bits per heavy atom. The molecule has 0 aromatic heterocycles. The Kier molecular flexibility index (Phi) is 5.92. The first-order valence-electron chi connectivity index (χ1n) is 10.5. The number of carbonyl (C=O) groups is 2. The molecule has 1 aliphatic rings. The molecule has 1 amide bonds. The van der Waals surface area contributed by atoms with E-state index in [1.165, 1.54) is 12.0 Å². The first kappa shape index (κ1) is 22.1. The van der Waals surface area contributed by atoms with E-state index in [4.69, 9.17) is 9.47 Å². The van der Waals surface area contributed by atoms with Crippen LogP contribution in [0.4, 0.5) is 5.69 Å². The van der Waals surface area contributed by atoms with Crippen molar-refractivity contribution in [3.05, 3.63) is 94.6 Å². The average molecular weight is 443 g/mol. The Morgan fingerprint density at radius 1 is 0.879 bits per heavy atom. The van der Waals surface area contributed by atoms with Crippen molar-refractivity contribution in [3.8, 4) is 11.5 Å². The average Bonchev–Trinajstić information content (AvgIpc) is 3.08. The van der Waals surface area contributed by atoms with Gasteiger partial charge in [0, 0.05) is 5.69 Å². The van der Waals surface area contributed by atoms with Crippen LogP contribution in [0.25, 0.3) is 5.76 Å². The third-order valence-electron chi connectivity index (χ3n) is 5.70. The normalized spacial score (nSPS) is 17.3. The number of carbonyl (C=O) groups excluding carboxylic acids is 2. The van der Waals surface area contributed by atoms with E-state index in [9.17, 15) is 14.7 Å². The molecule has 33 heavy (non-hydrogen) atoms. The van der Waals surface area contributed by atoms with E-state index in [0.717, 1.165) is 11.1 Å². The van der Waals surface area contributed by atoms with Crippen molar-refractivity contribution in [1.82, 2.24) is 0 Å². The lowest BCUT2D eigenvalue weighted by atomic mass is 9.94. The standard InChI is InChI=1S/C27H25NO5/c1-16-12-17(2)14-19(13-16)28-24(18-8-7-9-20(15-18)32-3)23(26(30)27(28)31)25(29)21-10-5-6-11-22(21)33-4/h5-15,24,29H,1-4H3/b25-23+. The Bertz CT molecular complexity index is 1260. The first-order valence-corrected chi connectivity index (χ1v) is 10.5. The topological polar surface area (TPSA) is 76.1 Å². The molecule has 3 aromatic carbocycles. The second-order valence-electron chi connectivity index (χ2n) is 7.99. The van der Waals surface area contributed by atoms with Crippen LogP contribution in [0.3, 0.4) is 0 Å². The predicted molar refractivity (Wildman–Crippen MR) is 127 cm³/mol. The summed E-state index contributed by atoms with van der Waals surface area (Å²) < 4.78 is 10.8. The maximum Gasteiger partial charge on any atom is 0.300 e. The number of methoxy groups -OCH3 is 2. The molecule has 1 N–H and O–H groups in total. The second-order valence-corrected chi connectivity index (χ2v) is 7.99. The Morgan fingerprint density at radius 3 is 2.24 bits per heavy atom. The SMILES string of the molecule is COc1cccc(C2/C(=C(\O)c3ccccc3OC)C(=O)C(=O)N2c2cc(C)cc(C)c2)c1. The Balaban J connectivity index is 2.00. The molecule has 0 saturated carbocycles. The summed E-state index contributed by atoms with van der Waals surface area (Å²) in [7, 11) is 3.04. The zero-order valence-electron chi connectivity index (χ0n) is 19.0. The molecule has 0 radical (unpaired) electrons. The van der Waals surface area contributed by atoms with Gasteiger partial charge in [-0.2, -0.15) is 0 Å². The molecule has 1 fully saturated rings. The predicted octanol–water partition coefficient (Wildman–Crippen LogP) is 4.95. The van der Waals surface area contributed by atoms with Crippen LogP contribution in [0.1, 0.15) is 28.3 Å². The fourth-order valence-electron chi connectivity index (χ4n) is 4.30. The van der Waals surface area contributed by atoms with Crippen LogP contribution in [0.2, 0.25) is 0 Å². The fraction of sp³-hybridized carbons (Fsp3) is 0.185. The van der Waals surface area contributed by atoms with Crippen molar-refractivity contribution in [3.63, 3.8) is 0 Å². The van der Waals surface area contributed by atoms with E-state index in [1.807, 2.05) is 38.1 Å². The number of ketones is 1. The summed E-state index contributed by atoms with van der Waals surface area (Å²) in [4.78, 5) is 28.1. The smallest absolute Gasteiger partial charge is 0.300 e. The third-order valence-corrected chi connectivity index (χ3v) is 5.70. The van der Waals surface area contributed by atoms with Gasteiger partial charge < -0.3 is 14.6 Å². The summed E-state index contributed by atoms with van der Waals surface area (Å²) in [6.45, 7) is 3.87. The van der Waals surface area contributed by atoms with Crippen LogP contribution in [0.15, 0.2) is 72.3 Å². The number of para-hydroxylation sites is 1. The number of Topliss-reactive ketones (excluding diaryl/α,β-unsaturated/α-hetero) is 1. The second kappa shape index (κ2) is 8.82. The van der Waals surface area contributed by atoms with Gasteiger partial charge in [0.1, 0.15) is 17.3 Å². The van der Waals surface area contributed by atoms with E-state index in [2.05, 4.69) is 0 Å². The van der Waals surface area contributed by atoms with E-state index in [1.54, 1.807) is 49.6 Å². The minimum Gasteiger partial charge on any atom is -0.507 e. The van der Waals surface area contributed by atoms with Gasteiger partial charge in [0.15, 0.2) is 0 Å². The number of aliphatic hydroxyl groups excluding tert-OH is 1. The van der Waals surface area contributed by atoms with E-state index in [0.29, 0.717) is 28.3 Å². The molecule has 0 spiro atoms. The highest BCUT2D eigenvalue weighted by molar-refractivity contribution is 6.51. The van der Waals surface area contributed by atoms with Crippen molar-refractivity contribution < 1.29 is 24.2 Å². The monoisotopic (exact) mass is 443 g/mol. The van der Waals surface area contributed by atoms with Crippen LogP contribution in [-0.4, -0.2) is 31.0 Å². The Labute approximate surface area is 192 Å². The largest absolute Gasteiger partial charge is 0.507 e. The summed E-state index contributed by atoms with van der Waals surface area (Å²) in [5.41, 5.74) is 3.48. The molecule has 1 unspecified atom stereocenters. The lowest BCUT2D eigenvalue weighted by molar-refractivity contribution is -0.132. The molecule has 6 heteroatoms. The third kappa shape index (κ3) is 3.96. The number of hydrogen-bond acceptors (Lipinski definition) is 5. The molecule has 4 rings (SSSR count).